The van der Waals surface area contributed by atoms with Crippen molar-refractivity contribution < 1.29 is 24.5 Å². The molecule has 5 heteroatoms. The summed E-state index contributed by atoms with van der Waals surface area (Å²) in [6.45, 7) is 1.36. The molecule has 0 saturated carbocycles. The number of carbonyl (C=O) groups is 1. The van der Waals surface area contributed by atoms with Gasteiger partial charge in [0.15, 0.2) is 0 Å². The van der Waals surface area contributed by atoms with Gasteiger partial charge in [0, 0.05) is 13.2 Å². The zero-order valence-corrected chi connectivity index (χ0v) is 9.28. The molecular formula is C11H18O5. The number of aliphatic hydroxyl groups is 1. The largest absolute Gasteiger partial charge is 0.481 e. The summed E-state index contributed by atoms with van der Waals surface area (Å²) in [6.07, 6.45) is 2.31. The molecule has 0 radical (unpaired) electrons. The van der Waals surface area contributed by atoms with E-state index in [9.17, 15) is 15.0 Å². The Hall–Kier alpha value is -0.650. The number of hydrogen-bond donors (Lipinski definition) is 2. The molecule has 0 aromatic carbocycles. The van der Waals surface area contributed by atoms with Gasteiger partial charge in [0.1, 0.15) is 11.0 Å². The van der Waals surface area contributed by atoms with E-state index in [2.05, 4.69) is 0 Å². The number of rotatable bonds is 2. The van der Waals surface area contributed by atoms with Crippen LogP contribution in [0.1, 0.15) is 25.7 Å². The second-order valence-corrected chi connectivity index (χ2v) is 4.73. The van der Waals surface area contributed by atoms with Crippen molar-refractivity contribution in [1.82, 2.24) is 0 Å². The van der Waals surface area contributed by atoms with Crippen molar-refractivity contribution in [3.63, 3.8) is 0 Å². The van der Waals surface area contributed by atoms with Crippen LogP contribution in [0.25, 0.3) is 0 Å². The molecule has 0 aromatic heterocycles. The minimum atomic E-state index is -1.28. The van der Waals surface area contributed by atoms with Crippen molar-refractivity contribution in [2.45, 2.75) is 31.3 Å². The van der Waals surface area contributed by atoms with Crippen LogP contribution in [0, 0.1) is 5.41 Å². The van der Waals surface area contributed by atoms with E-state index in [1.165, 1.54) is 0 Å². The van der Waals surface area contributed by atoms with Gasteiger partial charge in [-0.25, -0.2) is 0 Å². The molecule has 0 aromatic rings. The lowest BCUT2D eigenvalue weighted by Gasteiger charge is -2.47. The molecule has 2 rings (SSSR count). The minimum absolute atomic E-state index is 0.0855. The van der Waals surface area contributed by atoms with Crippen LogP contribution >= 0.6 is 0 Å². The number of carboxylic acid groups (broad SMARTS) is 1. The molecule has 2 saturated heterocycles. The average molecular weight is 230 g/mol. The fourth-order valence-electron chi connectivity index (χ4n) is 2.69. The van der Waals surface area contributed by atoms with Gasteiger partial charge in [-0.2, -0.15) is 0 Å². The Labute approximate surface area is 94.4 Å². The van der Waals surface area contributed by atoms with E-state index in [1.54, 1.807) is 0 Å². The highest BCUT2D eigenvalue weighted by Crippen LogP contribution is 2.43. The Morgan fingerprint density at radius 3 is 2.12 bits per heavy atom. The number of hydrogen-bond acceptors (Lipinski definition) is 4. The smallest absolute Gasteiger partial charge is 0.315 e. The van der Waals surface area contributed by atoms with Gasteiger partial charge in [-0.15, -0.1) is 0 Å². The summed E-state index contributed by atoms with van der Waals surface area (Å²) >= 11 is 0. The Balaban J connectivity index is 2.26. The van der Waals surface area contributed by atoms with Crippen LogP contribution in [-0.2, 0) is 14.3 Å². The molecule has 2 N–H and O–H groups in total. The first kappa shape index (κ1) is 11.8. The molecule has 2 aliphatic heterocycles. The van der Waals surface area contributed by atoms with Gasteiger partial charge in [-0.1, -0.05) is 0 Å². The summed E-state index contributed by atoms with van der Waals surface area (Å²) in [5, 5.41) is 19.9. The first-order valence-electron chi connectivity index (χ1n) is 5.72. The van der Waals surface area contributed by atoms with Crippen LogP contribution in [0.4, 0.5) is 0 Å². The quantitative estimate of drug-likeness (QED) is 0.718. The van der Waals surface area contributed by atoms with Gasteiger partial charge in [0.05, 0.1) is 13.2 Å². The van der Waals surface area contributed by atoms with Gasteiger partial charge >= 0.3 is 5.97 Å². The third kappa shape index (κ3) is 1.73. The topological polar surface area (TPSA) is 76.0 Å². The Kier molecular flexibility index (Phi) is 3.19. The molecule has 16 heavy (non-hydrogen) atoms. The summed E-state index contributed by atoms with van der Waals surface area (Å²) in [7, 11) is 0. The predicted octanol–water partition coefficient (Wildman–Crippen LogP) is 0.409. The highest BCUT2D eigenvalue weighted by molar-refractivity contribution is 5.76. The summed E-state index contributed by atoms with van der Waals surface area (Å²) in [4.78, 5) is 11.5. The monoisotopic (exact) mass is 230 g/mol. The zero-order chi connectivity index (χ0) is 11.6. The van der Waals surface area contributed by atoms with E-state index in [1.807, 2.05) is 0 Å². The molecule has 0 aliphatic carbocycles. The standard InChI is InChI=1S/C11H18O5/c12-9(13)10(3-1-5-15-7-10)11(14)4-2-6-16-8-11/h14H,1-8H2,(H,12,13). The molecule has 2 unspecified atom stereocenters. The van der Waals surface area contributed by atoms with Gasteiger partial charge in [-0.05, 0) is 25.7 Å². The molecule has 2 heterocycles. The van der Waals surface area contributed by atoms with Crippen LogP contribution in [0.15, 0.2) is 0 Å². The predicted molar refractivity (Wildman–Crippen MR) is 55.1 cm³/mol. The normalized spacial score (nSPS) is 40.6. The average Bonchev–Trinajstić information content (AvgIpc) is 2.30. The van der Waals surface area contributed by atoms with Crippen molar-refractivity contribution >= 4 is 5.97 Å². The fraction of sp³-hybridized carbons (Fsp3) is 0.909. The van der Waals surface area contributed by atoms with Gasteiger partial charge in [0.2, 0.25) is 0 Å². The number of aliphatic carboxylic acids is 1. The maximum Gasteiger partial charge on any atom is 0.315 e. The molecule has 2 atom stereocenters. The Morgan fingerprint density at radius 1 is 1.06 bits per heavy atom. The van der Waals surface area contributed by atoms with E-state index >= 15 is 0 Å². The molecule has 2 fully saturated rings. The van der Waals surface area contributed by atoms with Crippen LogP contribution < -0.4 is 0 Å². The molecular weight excluding hydrogens is 212 g/mol. The summed E-state index contributed by atoms with van der Waals surface area (Å²) in [5.74, 6) is -0.972. The fourth-order valence-corrected chi connectivity index (χ4v) is 2.69. The van der Waals surface area contributed by atoms with Crippen molar-refractivity contribution in [2.24, 2.45) is 5.41 Å². The number of carboxylic acids is 1. The second kappa shape index (κ2) is 4.31. The van der Waals surface area contributed by atoms with Crippen LogP contribution in [0.2, 0.25) is 0 Å². The maximum atomic E-state index is 11.5. The highest BCUT2D eigenvalue weighted by atomic mass is 16.5. The van der Waals surface area contributed by atoms with E-state index in [-0.39, 0.29) is 13.2 Å². The van der Waals surface area contributed by atoms with Gasteiger partial charge in [0.25, 0.3) is 0 Å². The summed E-state index contributed by atoms with van der Waals surface area (Å²) in [5.41, 5.74) is -2.47. The van der Waals surface area contributed by atoms with E-state index in [4.69, 9.17) is 9.47 Å². The van der Waals surface area contributed by atoms with E-state index in [0.29, 0.717) is 38.9 Å². The SMILES string of the molecule is O=C(O)C1(C2(O)CCCOC2)CCCOC1. The van der Waals surface area contributed by atoms with Crippen LogP contribution in [0.5, 0.6) is 0 Å². The van der Waals surface area contributed by atoms with Crippen molar-refractivity contribution in [3.8, 4) is 0 Å². The van der Waals surface area contributed by atoms with Crippen molar-refractivity contribution in [2.75, 3.05) is 26.4 Å². The van der Waals surface area contributed by atoms with Crippen LogP contribution in [0.3, 0.4) is 0 Å². The lowest BCUT2D eigenvalue weighted by Crippen LogP contribution is -2.61. The first-order chi connectivity index (χ1) is 7.61. The minimum Gasteiger partial charge on any atom is -0.481 e. The molecule has 92 valence electrons. The third-order valence-electron chi connectivity index (χ3n) is 3.76. The lowest BCUT2D eigenvalue weighted by molar-refractivity contribution is -0.213. The van der Waals surface area contributed by atoms with Gasteiger partial charge in [-0.3, -0.25) is 4.79 Å². The Bertz CT molecular complexity index is 264. The van der Waals surface area contributed by atoms with Crippen molar-refractivity contribution in [3.05, 3.63) is 0 Å². The van der Waals surface area contributed by atoms with Gasteiger partial charge < -0.3 is 19.7 Å². The highest BCUT2D eigenvalue weighted by Gasteiger charge is 2.57. The molecule has 2 aliphatic rings. The first-order valence-corrected chi connectivity index (χ1v) is 5.72. The third-order valence-corrected chi connectivity index (χ3v) is 3.76. The molecule has 0 amide bonds. The van der Waals surface area contributed by atoms with E-state index in [0.717, 1.165) is 0 Å². The second-order valence-electron chi connectivity index (χ2n) is 4.73. The summed E-state index contributed by atoms with van der Waals surface area (Å²) in [6, 6.07) is 0. The molecule has 0 bridgehead atoms. The number of ether oxygens (including phenoxy) is 2. The summed E-state index contributed by atoms with van der Waals surface area (Å²) < 4.78 is 10.5. The molecule has 0 spiro atoms. The Morgan fingerprint density at radius 2 is 1.69 bits per heavy atom. The maximum absolute atomic E-state index is 11.5. The van der Waals surface area contributed by atoms with E-state index < -0.39 is 17.0 Å². The zero-order valence-electron chi connectivity index (χ0n) is 9.28. The van der Waals surface area contributed by atoms with Crippen LogP contribution in [-0.4, -0.2) is 48.2 Å². The molecule has 5 nitrogen and oxygen atoms in total. The van der Waals surface area contributed by atoms with Crippen molar-refractivity contribution in [1.29, 1.82) is 0 Å². The lowest BCUT2D eigenvalue weighted by atomic mass is 9.66.